The van der Waals surface area contributed by atoms with Gasteiger partial charge in [-0.15, -0.1) is 0 Å². The van der Waals surface area contributed by atoms with Crippen LogP contribution in [0.4, 0.5) is 10.1 Å². The van der Waals surface area contributed by atoms with Crippen molar-refractivity contribution in [3.05, 3.63) is 59.4 Å². The van der Waals surface area contributed by atoms with Crippen molar-refractivity contribution >= 4 is 11.6 Å². The van der Waals surface area contributed by atoms with Gasteiger partial charge in [0.05, 0.1) is 0 Å². The fourth-order valence-corrected chi connectivity index (χ4v) is 1.93. The Labute approximate surface area is 122 Å². The standard InChI is InChI=1S/C16H17FN2O2/c1-2-18-16(21)11-5-3-7-13(9-11)19-10-12-6-4-8-14(17)15(12)20/h3-9,19-20H,2,10H2,1H3,(H,18,21). The van der Waals surface area contributed by atoms with Crippen LogP contribution < -0.4 is 10.6 Å². The summed E-state index contributed by atoms with van der Waals surface area (Å²) < 4.78 is 13.2. The summed E-state index contributed by atoms with van der Waals surface area (Å²) in [6.45, 7) is 2.68. The van der Waals surface area contributed by atoms with E-state index in [1.165, 1.54) is 12.1 Å². The molecule has 110 valence electrons. The van der Waals surface area contributed by atoms with Gasteiger partial charge in [-0.1, -0.05) is 18.2 Å². The molecule has 0 saturated carbocycles. The number of aromatic hydroxyl groups is 1. The quantitative estimate of drug-likeness (QED) is 0.793. The van der Waals surface area contributed by atoms with Crippen LogP contribution in [0.25, 0.3) is 0 Å². The molecule has 2 aromatic rings. The number of hydrogen-bond donors (Lipinski definition) is 3. The lowest BCUT2D eigenvalue weighted by Crippen LogP contribution is -2.22. The molecule has 2 aromatic carbocycles. The van der Waals surface area contributed by atoms with E-state index in [-0.39, 0.29) is 18.2 Å². The molecule has 0 aliphatic carbocycles. The van der Waals surface area contributed by atoms with Crippen molar-refractivity contribution in [3.63, 3.8) is 0 Å². The average Bonchev–Trinajstić information content (AvgIpc) is 2.49. The van der Waals surface area contributed by atoms with Gasteiger partial charge >= 0.3 is 0 Å². The molecule has 0 atom stereocenters. The van der Waals surface area contributed by atoms with Crippen molar-refractivity contribution in [3.8, 4) is 5.75 Å². The second kappa shape index (κ2) is 6.74. The van der Waals surface area contributed by atoms with E-state index < -0.39 is 5.82 Å². The van der Waals surface area contributed by atoms with E-state index in [2.05, 4.69) is 10.6 Å². The van der Waals surface area contributed by atoms with E-state index in [0.29, 0.717) is 17.7 Å². The minimum absolute atomic E-state index is 0.144. The molecule has 2 rings (SSSR count). The fraction of sp³-hybridized carbons (Fsp3) is 0.188. The third-order valence-electron chi connectivity index (χ3n) is 3.02. The summed E-state index contributed by atoms with van der Waals surface area (Å²) in [5, 5.41) is 15.4. The third kappa shape index (κ3) is 3.72. The minimum Gasteiger partial charge on any atom is -0.505 e. The van der Waals surface area contributed by atoms with Gasteiger partial charge in [0, 0.05) is 29.9 Å². The molecule has 0 radical (unpaired) electrons. The molecule has 0 fully saturated rings. The molecular weight excluding hydrogens is 271 g/mol. The van der Waals surface area contributed by atoms with Crippen LogP contribution in [0.2, 0.25) is 0 Å². The Morgan fingerprint density at radius 3 is 2.76 bits per heavy atom. The van der Waals surface area contributed by atoms with Crippen molar-refractivity contribution in [1.29, 1.82) is 0 Å². The molecule has 5 heteroatoms. The number of halogens is 1. The van der Waals surface area contributed by atoms with Crippen molar-refractivity contribution in [2.45, 2.75) is 13.5 Å². The highest BCUT2D eigenvalue weighted by molar-refractivity contribution is 5.95. The first-order chi connectivity index (χ1) is 10.1. The second-order valence-electron chi connectivity index (χ2n) is 4.54. The Bertz CT molecular complexity index is 644. The lowest BCUT2D eigenvalue weighted by molar-refractivity contribution is 0.0956. The topological polar surface area (TPSA) is 61.4 Å². The van der Waals surface area contributed by atoms with Gasteiger partial charge in [0.25, 0.3) is 5.91 Å². The lowest BCUT2D eigenvalue weighted by Gasteiger charge is -2.10. The van der Waals surface area contributed by atoms with Gasteiger partial charge in [-0.3, -0.25) is 4.79 Å². The van der Waals surface area contributed by atoms with Crippen LogP contribution in [-0.2, 0) is 6.54 Å². The van der Waals surface area contributed by atoms with Crippen molar-refractivity contribution in [1.82, 2.24) is 5.32 Å². The number of carbonyl (C=O) groups is 1. The lowest BCUT2D eigenvalue weighted by atomic mass is 10.1. The molecule has 0 aliphatic rings. The number of phenols is 1. The van der Waals surface area contributed by atoms with E-state index in [9.17, 15) is 14.3 Å². The van der Waals surface area contributed by atoms with Crippen LogP contribution in [0.1, 0.15) is 22.8 Å². The molecule has 0 bridgehead atoms. The van der Waals surface area contributed by atoms with E-state index in [1.54, 1.807) is 30.3 Å². The maximum atomic E-state index is 13.2. The minimum atomic E-state index is -0.648. The molecule has 4 nitrogen and oxygen atoms in total. The van der Waals surface area contributed by atoms with E-state index in [0.717, 1.165) is 5.69 Å². The third-order valence-corrected chi connectivity index (χ3v) is 3.02. The maximum absolute atomic E-state index is 13.2. The number of hydrogen-bond acceptors (Lipinski definition) is 3. The summed E-state index contributed by atoms with van der Waals surface area (Å²) in [6.07, 6.45) is 0. The number of rotatable bonds is 5. The summed E-state index contributed by atoms with van der Waals surface area (Å²) in [4.78, 5) is 11.7. The zero-order valence-corrected chi connectivity index (χ0v) is 11.7. The van der Waals surface area contributed by atoms with E-state index in [1.807, 2.05) is 6.92 Å². The highest BCUT2D eigenvalue weighted by Crippen LogP contribution is 2.22. The van der Waals surface area contributed by atoms with Crippen LogP contribution in [0.15, 0.2) is 42.5 Å². The zero-order chi connectivity index (χ0) is 15.2. The Hall–Kier alpha value is -2.56. The van der Waals surface area contributed by atoms with Gasteiger partial charge in [-0.25, -0.2) is 4.39 Å². The average molecular weight is 288 g/mol. The van der Waals surface area contributed by atoms with E-state index >= 15 is 0 Å². The normalized spacial score (nSPS) is 10.2. The first-order valence-corrected chi connectivity index (χ1v) is 6.70. The summed E-state index contributed by atoms with van der Waals surface area (Å²) in [5.41, 5.74) is 1.73. The largest absolute Gasteiger partial charge is 0.505 e. The summed E-state index contributed by atoms with van der Waals surface area (Å²) in [5.74, 6) is -1.15. The maximum Gasteiger partial charge on any atom is 0.251 e. The SMILES string of the molecule is CCNC(=O)c1cccc(NCc2cccc(F)c2O)c1. The highest BCUT2D eigenvalue weighted by Gasteiger charge is 2.07. The monoisotopic (exact) mass is 288 g/mol. The predicted octanol–water partition coefficient (Wildman–Crippen LogP) is 2.89. The molecule has 21 heavy (non-hydrogen) atoms. The number of phenolic OH excluding ortho intramolecular Hbond substituents is 1. The van der Waals surface area contributed by atoms with Gasteiger partial charge in [0.2, 0.25) is 0 Å². The fourth-order valence-electron chi connectivity index (χ4n) is 1.93. The number of nitrogens with one attached hydrogen (secondary N) is 2. The van der Waals surface area contributed by atoms with Gasteiger partial charge in [0.1, 0.15) is 0 Å². The Morgan fingerprint density at radius 2 is 2.00 bits per heavy atom. The first-order valence-electron chi connectivity index (χ1n) is 6.70. The molecular formula is C16H17FN2O2. The first kappa shape index (κ1) is 14.8. The Kier molecular flexibility index (Phi) is 4.77. The van der Waals surface area contributed by atoms with Gasteiger partial charge < -0.3 is 15.7 Å². The van der Waals surface area contributed by atoms with Gasteiger partial charge in [-0.2, -0.15) is 0 Å². The van der Waals surface area contributed by atoms with Crippen molar-refractivity contribution in [2.24, 2.45) is 0 Å². The van der Waals surface area contributed by atoms with Crippen LogP contribution >= 0.6 is 0 Å². The number of carbonyl (C=O) groups excluding carboxylic acids is 1. The smallest absolute Gasteiger partial charge is 0.251 e. The molecule has 0 spiro atoms. The predicted molar refractivity (Wildman–Crippen MR) is 79.8 cm³/mol. The molecule has 0 aliphatic heterocycles. The Morgan fingerprint density at radius 1 is 1.24 bits per heavy atom. The summed E-state index contributed by atoms with van der Waals surface area (Å²) in [6, 6.07) is 11.4. The molecule has 3 N–H and O–H groups in total. The molecule has 0 saturated heterocycles. The summed E-state index contributed by atoms with van der Waals surface area (Å²) in [7, 11) is 0. The molecule has 0 heterocycles. The molecule has 0 aromatic heterocycles. The zero-order valence-electron chi connectivity index (χ0n) is 11.7. The van der Waals surface area contributed by atoms with E-state index in [4.69, 9.17) is 0 Å². The van der Waals surface area contributed by atoms with Crippen LogP contribution in [0, 0.1) is 5.82 Å². The second-order valence-corrected chi connectivity index (χ2v) is 4.54. The number of para-hydroxylation sites is 1. The molecule has 1 amide bonds. The molecule has 0 unspecified atom stereocenters. The van der Waals surface area contributed by atoms with Crippen molar-refractivity contribution in [2.75, 3.05) is 11.9 Å². The number of amides is 1. The number of benzene rings is 2. The highest BCUT2D eigenvalue weighted by atomic mass is 19.1. The van der Waals surface area contributed by atoms with Gasteiger partial charge in [0.15, 0.2) is 11.6 Å². The summed E-state index contributed by atoms with van der Waals surface area (Å²) >= 11 is 0. The number of anilines is 1. The van der Waals surface area contributed by atoms with Crippen LogP contribution in [0.5, 0.6) is 5.75 Å². The van der Waals surface area contributed by atoms with Crippen LogP contribution in [0.3, 0.4) is 0 Å². The van der Waals surface area contributed by atoms with Crippen LogP contribution in [-0.4, -0.2) is 17.6 Å². The Balaban J connectivity index is 2.08. The van der Waals surface area contributed by atoms with Gasteiger partial charge in [-0.05, 0) is 31.2 Å². The van der Waals surface area contributed by atoms with Crippen molar-refractivity contribution < 1.29 is 14.3 Å².